The van der Waals surface area contributed by atoms with E-state index in [1.54, 1.807) is 6.07 Å². The van der Waals surface area contributed by atoms with Gasteiger partial charge in [0, 0.05) is 17.2 Å². The lowest BCUT2D eigenvalue weighted by molar-refractivity contribution is 0.597. The van der Waals surface area contributed by atoms with Gasteiger partial charge in [0.05, 0.1) is 5.56 Å². The van der Waals surface area contributed by atoms with Crippen molar-refractivity contribution in [1.29, 1.82) is 5.26 Å². The Labute approximate surface area is 111 Å². The maximum absolute atomic E-state index is 9.23. The number of furan rings is 1. The van der Waals surface area contributed by atoms with E-state index in [1.165, 1.54) is 0 Å². The van der Waals surface area contributed by atoms with Crippen LogP contribution < -0.4 is 0 Å². The zero-order valence-corrected chi connectivity index (χ0v) is 10.2. The molecule has 2 heteroatoms. The summed E-state index contributed by atoms with van der Waals surface area (Å²) in [6, 6.07) is 23.5. The molecule has 0 bridgehead atoms. The third kappa shape index (κ3) is 2.14. The number of benzene rings is 2. The molecule has 3 rings (SSSR count). The second-order valence-corrected chi connectivity index (χ2v) is 4.20. The third-order valence-corrected chi connectivity index (χ3v) is 2.95. The third-order valence-electron chi connectivity index (χ3n) is 2.95. The highest BCUT2D eigenvalue weighted by atomic mass is 16.3. The van der Waals surface area contributed by atoms with Crippen LogP contribution in [0.15, 0.2) is 71.1 Å². The molecule has 1 heterocycles. The molecule has 0 spiro atoms. The SMILES string of the molecule is N#Cc1cc(-c2ccccc2)oc1-c1ccccc1. The van der Waals surface area contributed by atoms with Crippen LogP contribution >= 0.6 is 0 Å². The monoisotopic (exact) mass is 245 g/mol. The van der Waals surface area contributed by atoms with Crippen molar-refractivity contribution in [2.24, 2.45) is 0 Å². The van der Waals surface area contributed by atoms with Crippen LogP contribution in [0.4, 0.5) is 0 Å². The maximum atomic E-state index is 9.23. The Morgan fingerprint density at radius 3 is 1.95 bits per heavy atom. The van der Waals surface area contributed by atoms with Gasteiger partial charge in [-0.2, -0.15) is 5.26 Å². The van der Waals surface area contributed by atoms with Gasteiger partial charge >= 0.3 is 0 Å². The molecular formula is C17H11NO. The van der Waals surface area contributed by atoms with Crippen molar-refractivity contribution >= 4 is 0 Å². The van der Waals surface area contributed by atoms with E-state index in [-0.39, 0.29) is 0 Å². The van der Waals surface area contributed by atoms with Crippen molar-refractivity contribution < 1.29 is 4.42 Å². The first kappa shape index (κ1) is 11.3. The fraction of sp³-hybridized carbons (Fsp3) is 0. The van der Waals surface area contributed by atoms with Crippen LogP contribution in [0, 0.1) is 11.3 Å². The van der Waals surface area contributed by atoms with Crippen molar-refractivity contribution in [3.8, 4) is 28.7 Å². The predicted octanol–water partition coefficient (Wildman–Crippen LogP) is 4.49. The van der Waals surface area contributed by atoms with Gasteiger partial charge in [-0.1, -0.05) is 60.7 Å². The van der Waals surface area contributed by atoms with E-state index in [9.17, 15) is 5.26 Å². The van der Waals surface area contributed by atoms with Crippen LogP contribution in [0.3, 0.4) is 0 Å². The largest absolute Gasteiger partial charge is 0.455 e. The smallest absolute Gasteiger partial charge is 0.152 e. The summed E-state index contributed by atoms with van der Waals surface area (Å²) in [5, 5.41) is 9.23. The van der Waals surface area contributed by atoms with Gasteiger partial charge in [-0.25, -0.2) is 0 Å². The lowest BCUT2D eigenvalue weighted by Gasteiger charge is -1.98. The summed E-state index contributed by atoms with van der Waals surface area (Å²) in [4.78, 5) is 0. The van der Waals surface area contributed by atoms with Gasteiger partial charge < -0.3 is 4.42 Å². The summed E-state index contributed by atoms with van der Waals surface area (Å²) >= 11 is 0. The summed E-state index contributed by atoms with van der Waals surface area (Å²) in [7, 11) is 0. The van der Waals surface area contributed by atoms with Crippen molar-refractivity contribution in [2.45, 2.75) is 0 Å². The zero-order valence-electron chi connectivity index (χ0n) is 10.2. The van der Waals surface area contributed by atoms with Crippen molar-refractivity contribution in [3.63, 3.8) is 0 Å². The van der Waals surface area contributed by atoms with E-state index in [0.717, 1.165) is 16.9 Å². The minimum atomic E-state index is 0.560. The summed E-state index contributed by atoms with van der Waals surface area (Å²) in [5.74, 6) is 1.35. The Kier molecular flexibility index (Phi) is 2.88. The van der Waals surface area contributed by atoms with Crippen molar-refractivity contribution in [2.75, 3.05) is 0 Å². The minimum Gasteiger partial charge on any atom is -0.455 e. The fourth-order valence-corrected chi connectivity index (χ4v) is 2.02. The van der Waals surface area contributed by atoms with E-state index >= 15 is 0 Å². The molecular weight excluding hydrogens is 234 g/mol. The molecule has 0 saturated carbocycles. The highest BCUT2D eigenvalue weighted by Gasteiger charge is 2.13. The molecule has 2 nitrogen and oxygen atoms in total. The van der Waals surface area contributed by atoms with Crippen LogP contribution in [-0.4, -0.2) is 0 Å². The highest BCUT2D eigenvalue weighted by molar-refractivity contribution is 5.71. The van der Waals surface area contributed by atoms with Gasteiger partial charge in [-0.15, -0.1) is 0 Å². The van der Waals surface area contributed by atoms with E-state index in [4.69, 9.17) is 4.42 Å². The molecule has 19 heavy (non-hydrogen) atoms. The standard InChI is InChI=1S/C17H11NO/c18-12-15-11-16(13-7-3-1-4-8-13)19-17(15)14-9-5-2-6-10-14/h1-11H. The molecule has 3 aromatic rings. The summed E-state index contributed by atoms with van der Waals surface area (Å²) < 4.78 is 5.86. The van der Waals surface area contributed by atoms with E-state index < -0.39 is 0 Å². The molecule has 0 radical (unpaired) electrons. The molecule has 0 unspecified atom stereocenters. The van der Waals surface area contributed by atoms with Gasteiger partial charge in [0.25, 0.3) is 0 Å². The Morgan fingerprint density at radius 1 is 0.789 bits per heavy atom. The highest BCUT2D eigenvalue weighted by Crippen LogP contribution is 2.31. The number of hydrogen-bond acceptors (Lipinski definition) is 2. The second-order valence-electron chi connectivity index (χ2n) is 4.20. The van der Waals surface area contributed by atoms with Gasteiger partial charge in [-0.3, -0.25) is 0 Å². The van der Waals surface area contributed by atoms with Crippen molar-refractivity contribution in [3.05, 3.63) is 72.3 Å². The molecule has 0 N–H and O–H groups in total. The lowest BCUT2D eigenvalue weighted by atomic mass is 10.1. The molecule has 0 saturated heterocycles. The number of rotatable bonds is 2. The number of nitrogens with zero attached hydrogens (tertiary/aromatic N) is 1. The fourth-order valence-electron chi connectivity index (χ4n) is 2.02. The molecule has 0 fully saturated rings. The quantitative estimate of drug-likeness (QED) is 0.667. The van der Waals surface area contributed by atoms with Gasteiger partial charge in [0.2, 0.25) is 0 Å². The maximum Gasteiger partial charge on any atom is 0.152 e. The first-order valence-electron chi connectivity index (χ1n) is 6.03. The van der Waals surface area contributed by atoms with Gasteiger partial charge in [0.15, 0.2) is 5.76 Å². The molecule has 0 aliphatic rings. The van der Waals surface area contributed by atoms with Crippen LogP contribution in [-0.2, 0) is 0 Å². The van der Waals surface area contributed by atoms with Gasteiger partial charge in [0.1, 0.15) is 11.8 Å². The normalized spacial score (nSPS) is 10.1. The van der Waals surface area contributed by atoms with E-state index in [2.05, 4.69) is 6.07 Å². The molecule has 90 valence electrons. The predicted molar refractivity (Wildman–Crippen MR) is 74.3 cm³/mol. The van der Waals surface area contributed by atoms with E-state index in [0.29, 0.717) is 11.3 Å². The topological polar surface area (TPSA) is 36.9 Å². The van der Waals surface area contributed by atoms with Crippen LogP contribution in [0.2, 0.25) is 0 Å². The second kappa shape index (κ2) is 4.83. The molecule has 0 amide bonds. The zero-order chi connectivity index (χ0) is 13.1. The molecule has 2 aromatic carbocycles. The average Bonchev–Trinajstić information content (AvgIpc) is 2.93. The molecule has 0 aliphatic carbocycles. The average molecular weight is 245 g/mol. The summed E-state index contributed by atoms with van der Waals surface area (Å²) in [5.41, 5.74) is 2.45. The Morgan fingerprint density at radius 2 is 1.37 bits per heavy atom. The minimum absolute atomic E-state index is 0.560. The van der Waals surface area contributed by atoms with Crippen LogP contribution in [0.1, 0.15) is 5.56 Å². The van der Waals surface area contributed by atoms with Crippen LogP contribution in [0.25, 0.3) is 22.6 Å². The van der Waals surface area contributed by atoms with Crippen LogP contribution in [0.5, 0.6) is 0 Å². The summed E-state index contributed by atoms with van der Waals surface area (Å²) in [6.45, 7) is 0. The lowest BCUT2D eigenvalue weighted by Crippen LogP contribution is -1.76. The molecule has 1 aromatic heterocycles. The number of nitriles is 1. The van der Waals surface area contributed by atoms with Crippen molar-refractivity contribution in [1.82, 2.24) is 0 Å². The van der Waals surface area contributed by atoms with Gasteiger partial charge in [-0.05, 0) is 0 Å². The van der Waals surface area contributed by atoms with E-state index in [1.807, 2.05) is 60.7 Å². The Balaban J connectivity index is 2.13. The Bertz CT molecular complexity index is 721. The molecule has 0 atom stereocenters. The first-order valence-corrected chi connectivity index (χ1v) is 6.03. The number of hydrogen-bond donors (Lipinski definition) is 0. The first-order chi connectivity index (χ1) is 9.38. The Hall–Kier alpha value is -2.79. The molecule has 0 aliphatic heterocycles. The summed E-state index contributed by atoms with van der Waals surface area (Å²) in [6.07, 6.45) is 0.